The van der Waals surface area contributed by atoms with Gasteiger partial charge in [-0.05, 0) is 43.7 Å². The molecule has 2 heterocycles. The van der Waals surface area contributed by atoms with E-state index in [0.29, 0.717) is 11.8 Å². The van der Waals surface area contributed by atoms with Gasteiger partial charge in [-0.15, -0.1) is 10.2 Å². The lowest BCUT2D eigenvalue weighted by molar-refractivity contribution is 0.380. The maximum Gasteiger partial charge on any atom is 0.247 e. The molecule has 0 aliphatic carbocycles. The second-order valence-corrected chi connectivity index (χ2v) is 4.72. The maximum atomic E-state index is 5.78. The Kier molecular flexibility index (Phi) is 3.46. The number of piperidine rings is 1. The summed E-state index contributed by atoms with van der Waals surface area (Å²) in [6.45, 7) is 2.00. The van der Waals surface area contributed by atoms with Crippen LogP contribution in [0.5, 0.6) is 5.75 Å². The van der Waals surface area contributed by atoms with Crippen molar-refractivity contribution in [2.45, 2.75) is 18.8 Å². The van der Waals surface area contributed by atoms with Crippen molar-refractivity contribution in [1.82, 2.24) is 15.5 Å². The van der Waals surface area contributed by atoms with Gasteiger partial charge in [-0.1, -0.05) is 0 Å². The van der Waals surface area contributed by atoms with Crippen LogP contribution in [-0.4, -0.2) is 30.4 Å². The van der Waals surface area contributed by atoms with Crippen LogP contribution in [0.1, 0.15) is 24.7 Å². The summed E-state index contributed by atoms with van der Waals surface area (Å²) in [6.07, 6.45) is 2.27. The van der Waals surface area contributed by atoms with Gasteiger partial charge in [-0.2, -0.15) is 0 Å². The molecule has 1 aliphatic heterocycles. The number of benzene rings is 1. The van der Waals surface area contributed by atoms with Crippen molar-refractivity contribution in [2.24, 2.45) is 0 Å². The third kappa shape index (κ3) is 2.61. The van der Waals surface area contributed by atoms with E-state index in [1.165, 1.54) is 0 Å². The average molecular weight is 259 g/mol. The number of aromatic nitrogens is 2. The molecule has 0 spiro atoms. The Bertz CT molecular complexity index is 530. The second kappa shape index (κ2) is 5.40. The average Bonchev–Trinajstić information content (AvgIpc) is 2.98. The molecule has 1 aromatic carbocycles. The zero-order valence-electron chi connectivity index (χ0n) is 10.9. The Hall–Kier alpha value is -1.88. The summed E-state index contributed by atoms with van der Waals surface area (Å²) in [5.41, 5.74) is 0.920. The van der Waals surface area contributed by atoms with Crippen LogP contribution in [0.15, 0.2) is 28.7 Å². The van der Waals surface area contributed by atoms with Gasteiger partial charge in [0.25, 0.3) is 0 Å². The summed E-state index contributed by atoms with van der Waals surface area (Å²) in [6, 6.07) is 7.63. The van der Waals surface area contributed by atoms with Gasteiger partial charge in [-0.25, -0.2) is 0 Å². The molecule has 5 nitrogen and oxygen atoms in total. The van der Waals surface area contributed by atoms with Gasteiger partial charge in [0.05, 0.1) is 7.11 Å². The van der Waals surface area contributed by atoms with E-state index in [4.69, 9.17) is 9.15 Å². The first-order valence-corrected chi connectivity index (χ1v) is 6.55. The highest BCUT2D eigenvalue weighted by molar-refractivity contribution is 5.53. The largest absolute Gasteiger partial charge is 0.497 e. The zero-order valence-corrected chi connectivity index (χ0v) is 10.9. The Morgan fingerprint density at radius 2 is 2.11 bits per heavy atom. The first-order valence-electron chi connectivity index (χ1n) is 6.55. The van der Waals surface area contributed by atoms with E-state index in [0.717, 1.165) is 43.1 Å². The fourth-order valence-corrected chi connectivity index (χ4v) is 2.31. The van der Waals surface area contributed by atoms with Gasteiger partial charge >= 0.3 is 0 Å². The fourth-order valence-electron chi connectivity index (χ4n) is 2.31. The van der Waals surface area contributed by atoms with Crippen LogP contribution in [0, 0.1) is 0 Å². The number of methoxy groups -OCH3 is 1. The van der Waals surface area contributed by atoms with Crippen molar-refractivity contribution in [3.63, 3.8) is 0 Å². The van der Waals surface area contributed by atoms with Crippen LogP contribution >= 0.6 is 0 Å². The third-order valence-corrected chi connectivity index (χ3v) is 3.42. The van der Waals surface area contributed by atoms with Crippen molar-refractivity contribution in [3.05, 3.63) is 30.2 Å². The Morgan fingerprint density at radius 1 is 1.26 bits per heavy atom. The highest BCUT2D eigenvalue weighted by Gasteiger charge is 2.21. The van der Waals surface area contributed by atoms with Crippen LogP contribution in [0.4, 0.5) is 0 Å². The summed E-state index contributed by atoms with van der Waals surface area (Å²) < 4.78 is 10.9. The minimum atomic E-state index is 0.341. The zero-order chi connectivity index (χ0) is 13.1. The number of nitrogens with zero attached hydrogens (tertiary/aromatic N) is 2. The molecule has 3 rings (SSSR count). The highest BCUT2D eigenvalue weighted by Crippen LogP contribution is 2.26. The minimum absolute atomic E-state index is 0.341. The third-order valence-electron chi connectivity index (χ3n) is 3.42. The van der Waals surface area contributed by atoms with Crippen LogP contribution in [0.25, 0.3) is 11.5 Å². The van der Waals surface area contributed by atoms with Crippen molar-refractivity contribution >= 4 is 0 Å². The van der Waals surface area contributed by atoms with Gasteiger partial charge in [0.1, 0.15) is 5.75 Å². The van der Waals surface area contributed by atoms with Crippen LogP contribution in [-0.2, 0) is 0 Å². The minimum Gasteiger partial charge on any atom is -0.497 e. The molecule has 1 aliphatic rings. The van der Waals surface area contributed by atoms with Gasteiger partial charge in [0, 0.05) is 18.0 Å². The number of hydrogen-bond acceptors (Lipinski definition) is 5. The summed E-state index contributed by atoms with van der Waals surface area (Å²) in [5, 5.41) is 11.7. The van der Waals surface area contributed by atoms with Gasteiger partial charge in [-0.3, -0.25) is 0 Å². The summed E-state index contributed by atoms with van der Waals surface area (Å²) in [5.74, 6) is 2.47. The van der Waals surface area contributed by atoms with E-state index < -0.39 is 0 Å². The topological polar surface area (TPSA) is 60.2 Å². The second-order valence-electron chi connectivity index (χ2n) is 4.72. The Labute approximate surface area is 112 Å². The highest BCUT2D eigenvalue weighted by atomic mass is 16.5. The number of ether oxygens (including phenoxy) is 1. The summed E-state index contributed by atoms with van der Waals surface area (Å²) >= 11 is 0. The first-order chi connectivity index (χ1) is 9.36. The van der Waals surface area contributed by atoms with E-state index in [9.17, 15) is 0 Å². The molecule has 1 fully saturated rings. The normalized spacial score (nSPS) is 19.3. The van der Waals surface area contributed by atoms with Crippen LogP contribution < -0.4 is 10.1 Å². The number of rotatable bonds is 3. The van der Waals surface area contributed by atoms with Gasteiger partial charge in [0.15, 0.2) is 0 Å². The molecule has 1 saturated heterocycles. The molecule has 0 radical (unpaired) electrons. The molecule has 1 unspecified atom stereocenters. The van der Waals surface area contributed by atoms with E-state index in [1.54, 1.807) is 7.11 Å². The molecule has 2 aromatic rings. The molecule has 0 saturated carbocycles. The Morgan fingerprint density at radius 3 is 2.79 bits per heavy atom. The van der Waals surface area contributed by atoms with Crippen LogP contribution in [0.3, 0.4) is 0 Å². The molecule has 100 valence electrons. The lowest BCUT2D eigenvalue weighted by Crippen LogP contribution is -2.28. The molecule has 5 heteroatoms. The summed E-state index contributed by atoms with van der Waals surface area (Å²) in [7, 11) is 1.65. The molecule has 1 N–H and O–H groups in total. The van der Waals surface area contributed by atoms with Crippen molar-refractivity contribution in [3.8, 4) is 17.2 Å². The van der Waals surface area contributed by atoms with Crippen molar-refractivity contribution in [1.29, 1.82) is 0 Å². The van der Waals surface area contributed by atoms with Crippen molar-refractivity contribution < 1.29 is 9.15 Å². The van der Waals surface area contributed by atoms with Gasteiger partial charge < -0.3 is 14.5 Å². The standard InChI is InChI=1S/C14H17N3O2/c1-18-12-6-4-10(5-7-12)13-16-17-14(19-13)11-3-2-8-15-9-11/h4-7,11,15H,2-3,8-9H2,1H3. The SMILES string of the molecule is COc1ccc(-c2nnc(C3CCCNC3)o2)cc1. The lowest BCUT2D eigenvalue weighted by atomic mass is 10.00. The molecule has 0 bridgehead atoms. The molecule has 1 atom stereocenters. The molecule has 0 amide bonds. The predicted octanol–water partition coefficient (Wildman–Crippen LogP) is 2.21. The van der Waals surface area contributed by atoms with E-state index in [-0.39, 0.29) is 0 Å². The summed E-state index contributed by atoms with van der Waals surface area (Å²) in [4.78, 5) is 0. The van der Waals surface area contributed by atoms with Gasteiger partial charge in [0.2, 0.25) is 11.8 Å². The number of nitrogens with one attached hydrogen (secondary N) is 1. The predicted molar refractivity (Wildman–Crippen MR) is 71.1 cm³/mol. The smallest absolute Gasteiger partial charge is 0.247 e. The van der Waals surface area contributed by atoms with E-state index >= 15 is 0 Å². The Balaban J connectivity index is 1.79. The monoisotopic (exact) mass is 259 g/mol. The van der Waals surface area contributed by atoms with E-state index in [1.807, 2.05) is 24.3 Å². The van der Waals surface area contributed by atoms with Crippen molar-refractivity contribution in [2.75, 3.05) is 20.2 Å². The number of hydrogen-bond donors (Lipinski definition) is 1. The van der Waals surface area contributed by atoms with E-state index in [2.05, 4.69) is 15.5 Å². The molecule has 19 heavy (non-hydrogen) atoms. The van der Waals surface area contributed by atoms with Crippen LogP contribution in [0.2, 0.25) is 0 Å². The molecule has 1 aromatic heterocycles. The maximum absolute atomic E-state index is 5.78. The first kappa shape index (κ1) is 12.2. The lowest BCUT2D eigenvalue weighted by Gasteiger charge is -2.18. The molecular formula is C14H17N3O2. The fraction of sp³-hybridized carbons (Fsp3) is 0.429. The quantitative estimate of drug-likeness (QED) is 0.915. The molecular weight excluding hydrogens is 242 g/mol.